The molecule has 4 heteroatoms. The third-order valence-corrected chi connectivity index (χ3v) is 8.87. The molecule has 2 aliphatic rings. The van der Waals surface area contributed by atoms with Crippen LogP contribution in [0.5, 0.6) is 11.5 Å². The number of esters is 2. The van der Waals surface area contributed by atoms with Crippen LogP contribution in [-0.2, 0) is 35.3 Å². The van der Waals surface area contributed by atoms with Crippen LogP contribution in [-0.4, -0.2) is 11.9 Å². The Morgan fingerprint density at radius 2 is 1.03 bits per heavy atom. The average Bonchev–Trinajstić information content (AvgIpc) is 3.32. The van der Waals surface area contributed by atoms with E-state index in [0.717, 1.165) is 62.5 Å². The molecule has 2 aromatic carbocycles. The fourth-order valence-corrected chi connectivity index (χ4v) is 7.00. The van der Waals surface area contributed by atoms with Gasteiger partial charge in [0.15, 0.2) is 0 Å². The molecule has 0 heterocycles. The predicted molar refractivity (Wildman–Crippen MR) is 157 cm³/mol. The van der Waals surface area contributed by atoms with Gasteiger partial charge in [-0.2, -0.15) is 0 Å². The largest absolute Gasteiger partial charge is 0.426 e. The van der Waals surface area contributed by atoms with E-state index in [0.29, 0.717) is 11.5 Å². The zero-order valence-corrected chi connectivity index (χ0v) is 24.7. The Hall–Kier alpha value is -2.88. The summed E-state index contributed by atoms with van der Waals surface area (Å²) in [6.07, 6.45) is 11.9. The standard InChI is InChI=1S/C35H46O4/c1-7-13-23-17-11-19-29(25(23)15-9-3)38-33(36)31-27-21-22-28(35(27,5)6)32(31)34(37)39-30-20-12-18-24(14-8-2)26(30)16-10-4/h11-12,17-22,27-28,31-32H,7-10,13-16H2,1-6H3. The van der Waals surface area contributed by atoms with Crippen LogP contribution < -0.4 is 9.47 Å². The van der Waals surface area contributed by atoms with Gasteiger partial charge in [-0.1, -0.05) is 104 Å². The molecular formula is C35H46O4. The summed E-state index contributed by atoms with van der Waals surface area (Å²) in [4.78, 5) is 27.9. The Bertz CT molecular complexity index is 1120. The molecule has 0 radical (unpaired) electrons. The highest BCUT2D eigenvalue weighted by Gasteiger charge is 2.62. The zero-order valence-electron chi connectivity index (χ0n) is 24.7. The highest BCUT2D eigenvalue weighted by atomic mass is 16.5. The molecule has 0 aromatic heterocycles. The van der Waals surface area contributed by atoms with Gasteiger partial charge in [-0.05, 0) is 77.3 Å². The van der Waals surface area contributed by atoms with Gasteiger partial charge in [0.1, 0.15) is 11.5 Å². The normalized spacial score (nSPS) is 22.7. The Kier molecular flexibility index (Phi) is 9.35. The van der Waals surface area contributed by atoms with Crippen molar-refractivity contribution >= 4 is 11.9 Å². The molecule has 4 nitrogen and oxygen atoms in total. The van der Waals surface area contributed by atoms with E-state index >= 15 is 0 Å². The molecule has 39 heavy (non-hydrogen) atoms. The SMILES string of the molecule is CCCc1cccc(OC(=O)C2C(C(=O)Oc3cccc(CCC)c3CCC)C3C=CC2C3(C)C)c1CCC. The van der Waals surface area contributed by atoms with Gasteiger partial charge in [-0.3, -0.25) is 9.59 Å². The number of benzene rings is 2. The summed E-state index contributed by atoms with van der Waals surface area (Å²) in [6, 6.07) is 12.0. The molecule has 210 valence electrons. The highest BCUT2D eigenvalue weighted by Crippen LogP contribution is 2.60. The Morgan fingerprint density at radius 3 is 1.38 bits per heavy atom. The molecule has 0 N–H and O–H groups in total. The first-order chi connectivity index (χ1) is 18.8. The van der Waals surface area contributed by atoms with Gasteiger partial charge in [-0.15, -0.1) is 0 Å². The molecule has 1 saturated carbocycles. The number of hydrogen-bond donors (Lipinski definition) is 0. The molecule has 4 rings (SSSR count). The van der Waals surface area contributed by atoms with Crippen LogP contribution >= 0.6 is 0 Å². The summed E-state index contributed by atoms with van der Waals surface area (Å²) in [7, 11) is 0. The van der Waals surface area contributed by atoms with E-state index in [1.54, 1.807) is 0 Å². The first kappa shape index (κ1) is 29.1. The van der Waals surface area contributed by atoms with E-state index < -0.39 is 11.8 Å². The first-order valence-corrected chi connectivity index (χ1v) is 15.1. The summed E-state index contributed by atoms with van der Waals surface area (Å²) in [5, 5.41) is 0. The van der Waals surface area contributed by atoms with Crippen molar-refractivity contribution in [3.63, 3.8) is 0 Å². The van der Waals surface area contributed by atoms with Gasteiger partial charge in [0, 0.05) is 0 Å². The topological polar surface area (TPSA) is 52.6 Å². The fraction of sp³-hybridized carbons (Fsp3) is 0.543. The summed E-state index contributed by atoms with van der Waals surface area (Å²) in [5.41, 5.74) is 4.49. The van der Waals surface area contributed by atoms with Crippen molar-refractivity contribution in [1.82, 2.24) is 0 Å². The van der Waals surface area contributed by atoms with Crippen molar-refractivity contribution < 1.29 is 19.1 Å². The second-order valence-electron chi connectivity index (χ2n) is 11.9. The summed E-state index contributed by atoms with van der Waals surface area (Å²) < 4.78 is 12.4. The molecule has 4 unspecified atom stereocenters. The predicted octanol–water partition coefficient (Wildman–Crippen LogP) is 8.08. The van der Waals surface area contributed by atoms with Crippen molar-refractivity contribution in [2.45, 2.75) is 92.9 Å². The summed E-state index contributed by atoms with van der Waals surface area (Å²) in [6.45, 7) is 12.9. The molecule has 0 aliphatic heterocycles. The van der Waals surface area contributed by atoms with Crippen molar-refractivity contribution in [3.05, 3.63) is 70.8 Å². The van der Waals surface area contributed by atoms with Crippen LogP contribution in [0.1, 0.15) is 89.5 Å². The van der Waals surface area contributed by atoms with Gasteiger partial charge >= 0.3 is 11.9 Å². The number of hydrogen-bond acceptors (Lipinski definition) is 4. The fourth-order valence-electron chi connectivity index (χ4n) is 7.00. The smallest absolute Gasteiger partial charge is 0.315 e. The van der Waals surface area contributed by atoms with Crippen LogP contribution in [0.4, 0.5) is 0 Å². The van der Waals surface area contributed by atoms with E-state index in [1.807, 2.05) is 24.3 Å². The lowest BCUT2D eigenvalue weighted by Gasteiger charge is -2.26. The molecular weight excluding hydrogens is 484 g/mol. The number of fused-ring (bicyclic) bond motifs is 2. The second-order valence-corrected chi connectivity index (χ2v) is 11.9. The zero-order chi connectivity index (χ0) is 28.2. The van der Waals surface area contributed by atoms with Crippen LogP contribution in [0, 0.1) is 29.1 Å². The summed E-state index contributed by atoms with van der Waals surface area (Å²) >= 11 is 0. The molecule has 0 saturated heterocycles. The number of rotatable bonds is 12. The molecule has 0 amide bonds. The number of carbonyl (C=O) groups excluding carboxylic acids is 2. The van der Waals surface area contributed by atoms with Crippen LogP contribution in [0.2, 0.25) is 0 Å². The molecule has 4 atom stereocenters. The van der Waals surface area contributed by atoms with E-state index in [1.165, 1.54) is 11.1 Å². The number of aryl methyl sites for hydroxylation is 2. The van der Waals surface area contributed by atoms with E-state index in [9.17, 15) is 9.59 Å². The Morgan fingerprint density at radius 1 is 0.641 bits per heavy atom. The molecule has 2 aliphatic carbocycles. The third-order valence-electron chi connectivity index (χ3n) is 8.87. The number of ether oxygens (including phenoxy) is 2. The Balaban J connectivity index is 1.64. The lowest BCUT2D eigenvalue weighted by Crippen LogP contribution is -2.37. The van der Waals surface area contributed by atoms with Crippen molar-refractivity contribution in [2.24, 2.45) is 29.1 Å². The lowest BCUT2D eigenvalue weighted by atomic mass is 9.79. The van der Waals surface area contributed by atoms with Gasteiger partial charge in [0.05, 0.1) is 11.8 Å². The van der Waals surface area contributed by atoms with Crippen LogP contribution in [0.3, 0.4) is 0 Å². The minimum absolute atomic E-state index is 0.0671. The summed E-state index contributed by atoms with van der Waals surface area (Å²) in [5.74, 6) is -0.627. The van der Waals surface area contributed by atoms with E-state index in [2.05, 4.69) is 65.8 Å². The van der Waals surface area contributed by atoms with Gasteiger partial charge < -0.3 is 9.47 Å². The minimum atomic E-state index is -0.569. The monoisotopic (exact) mass is 530 g/mol. The quantitative estimate of drug-likeness (QED) is 0.158. The van der Waals surface area contributed by atoms with E-state index in [-0.39, 0.29) is 29.2 Å². The van der Waals surface area contributed by atoms with Crippen LogP contribution in [0.25, 0.3) is 0 Å². The molecule has 0 spiro atoms. The van der Waals surface area contributed by atoms with Crippen molar-refractivity contribution in [3.8, 4) is 11.5 Å². The van der Waals surface area contributed by atoms with Crippen LogP contribution in [0.15, 0.2) is 48.6 Å². The maximum atomic E-state index is 13.9. The highest BCUT2D eigenvalue weighted by molar-refractivity contribution is 5.87. The Labute approximate surface area is 235 Å². The molecule has 1 fully saturated rings. The van der Waals surface area contributed by atoms with Gasteiger partial charge in [0.25, 0.3) is 0 Å². The first-order valence-electron chi connectivity index (χ1n) is 15.1. The van der Waals surface area contributed by atoms with Crippen molar-refractivity contribution in [1.29, 1.82) is 0 Å². The number of carbonyl (C=O) groups is 2. The van der Waals surface area contributed by atoms with Crippen molar-refractivity contribution in [2.75, 3.05) is 0 Å². The molecule has 2 bridgehead atoms. The molecule has 2 aromatic rings. The average molecular weight is 531 g/mol. The second kappa shape index (κ2) is 12.5. The minimum Gasteiger partial charge on any atom is -0.426 e. The van der Waals surface area contributed by atoms with Gasteiger partial charge in [-0.25, -0.2) is 0 Å². The van der Waals surface area contributed by atoms with Gasteiger partial charge in [0.2, 0.25) is 0 Å². The number of allylic oxidation sites excluding steroid dienone is 2. The maximum absolute atomic E-state index is 13.9. The lowest BCUT2D eigenvalue weighted by molar-refractivity contribution is -0.151. The van der Waals surface area contributed by atoms with E-state index in [4.69, 9.17) is 9.47 Å². The third kappa shape index (κ3) is 5.71. The maximum Gasteiger partial charge on any atom is 0.315 e.